The first-order valence-corrected chi connectivity index (χ1v) is 13.3. The van der Waals surface area contributed by atoms with Crippen molar-refractivity contribution in [2.24, 2.45) is 0 Å². The number of carbonyl (C=O) groups is 1. The first-order chi connectivity index (χ1) is 7.87. The van der Waals surface area contributed by atoms with E-state index in [1.54, 1.807) is 0 Å². The van der Waals surface area contributed by atoms with Gasteiger partial charge >= 0.3 is 88.9 Å². The van der Waals surface area contributed by atoms with Crippen LogP contribution in [0.3, 0.4) is 0 Å². The molecule has 4 unspecified atom stereocenters. The average molecular weight is 270 g/mol. The Labute approximate surface area is 89.1 Å². The molecular formula is C14H14FeO2. The van der Waals surface area contributed by atoms with E-state index in [2.05, 4.69) is 6.58 Å². The molecule has 10 aliphatic rings. The molecule has 0 radical (unpaired) electrons. The average Bonchev–Trinajstić information content (AvgIpc) is 3.23. The fraction of sp³-hybridized carbons (Fsp3) is 0.786. The van der Waals surface area contributed by atoms with Gasteiger partial charge in [-0.05, 0) is 0 Å². The SMILES string of the molecule is C=C(C)C(=O)O[C]12[CH]3[CH]4[CH]5[CH]1[Fe]45321678[CH]2[CH]1[CH]6[CH]7[CH]28. The molecule has 1 spiro atoms. The summed E-state index contributed by atoms with van der Waals surface area (Å²) in [5, 5.41) is 0. The second kappa shape index (κ2) is 0.475. The predicted octanol–water partition coefficient (Wildman–Crippen LogP) is 3.40. The zero-order valence-corrected chi connectivity index (χ0v) is 10.7. The van der Waals surface area contributed by atoms with E-state index in [4.69, 9.17) is 4.74 Å². The predicted molar refractivity (Wildman–Crippen MR) is 57.4 cm³/mol. The standard InChI is InChI=1S/C9H9O2.C5H5.Fe/c1-7(2)9(10)11-8-5-3-4-6-8;1-2-4-5-3-1;/h3-6H,1H2,2H3;1-5H;. The Morgan fingerprint density at radius 2 is 1.53 bits per heavy atom. The third-order valence-corrected chi connectivity index (χ3v) is 57.0. The molecule has 0 aromatic heterocycles. The van der Waals surface area contributed by atoms with E-state index in [9.17, 15) is 4.79 Å². The zero-order chi connectivity index (χ0) is 10.9. The number of rotatable bonds is 2. The molecule has 10 aliphatic heterocycles. The summed E-state index contributed by atoms with van der Waals surface area (Å²) in [4.78, 5) is 22.8. The summed E-state index contributed by atoms with van der Waals surface area (Å²) in [6, 6.07) is 0. The van der Waals surface area contributed by atoms with Crippen molar-refractivity contribution in [1.82, 2.24) is 0 Å². The van der Waals surface area contributed by atoms with Crippen molar-refractivity contribution in [2.45, 2.75) is 54.8 Å². The normalized spacial score (nSPS) is 119. The van der Waals surface area contributed by atoms with Crippen molar-refractivity contribution < 1.29 is 16.0 Å². The molecule has 10 fully saturated rings. The van der Waals surface area contributed by atoms with Gasteiger partial charge in [-0.25, -0.2) is 0 Å². The van der Waals surface area contributed by atoms with Gasteiger partial charge in [-0.2, -0.15) is 0 Å². The Bertz CT molecular complexity index is 955. The van der Waals surface area contributed by atoms with Gasteiger partial charge in [0.1, 0.15) is 0 Å². The number of ether oxygens (including phenoxy) is 1. The van der Waals surface area contributed by atoms with Gasteiger partial charge in [0.05, 0.1) is 0 Å². The molecule has 10 saturated heterocycles. The number of carbonyl (C=O) groups excluding carboxylic acids is 1. The molecule has 0 N–H and O–H groups in total. The van der Waals surface area contributed by atoms with E-state index in [-0.39, 0.29) is 10.5 Å². The van der Waals surface area contributed by atoms with Crippen molar-refractivity contribution in [2.75, 3.05) is 0 Å². The van der Waals surface area contributed by atoms with Crippen LogP contribution in [0.1, 0.15) is 6.92 Å². The Hall–Kier alpha value is -0.271. The van der Waals surface area contributed by atoms with Crippen LogP contribution in [0.15, 0.2) is 12.2 Å². The number of fused-ring (bicyclic) bond motifs is 10. The molecule has 0 aliphatic carbocycles. The van der Waals surface area contributed by atoms with Crippen LogP contribution in [-0.2, 0) is 16.0 Å². The third-order valence-electron chi connectivity index (χ3n) is 15.1. The van der Waals surface area contributed by atoms with Crippen LogP contribution in [0.4, 0.5) is 0 Å². The summed E-state index contributed by atoms with van der Waals surface area (Å²) in [7, 11) is 0. The fourth-order valence-corrected chi connectivity index (χ4v) is 88.7. The van der Waals surface area contributed by atoms with Crippen LogP contribution in [0.5, 0.6) is 0 Å². The Balaban J connectivity index is 1.50. The third kappa shape index (κ3) is 0.0603. The van der Waals surface area contributed by atoms with Gasteiger partial charge in [0.25, 0.3) is 0 Å². The van der Waals surface area contributed by atoms with E-state index in [1.807, 2.05) is 6.92 Å². The summed E-state index contributed by atoms with van der Waals surface area (Å²) in [6.45, 7) is 2.45. The molecule has 0 bridgehead atoms. The molecule has 10 heterocycles. The summed E-state index contributed by atoms with van der Waals surface area (Å²) in [5.74, 6) is -0.0435. The molecule has 0 saturated carbocycles. The molecule has 10 rings (SSSR count). The Morgan fingerprint density at radius 3 is 1.76 bits per heavy atom. The molecule has 0 aromatic rings. The zero-order valence-electron chi connectivity index (χ0n) is 9.57. The summed E-state index contributed by atoms with van der Waals surface area (Å²) in [6.07, 6.45) is 0. The number of esters is 1. The molecule has 3 heteroatoms. The summed E-state index contributed by atoms with van der Waals surface area (Å²) < 4.78 is 6.53. The first kappa shape index (κ1) is 6.25. The molecule has 0 aromatic carbocycles. The van der Waals surface area contributed by atoms with Crippen LogP contribution in [-0.4, -0.2) is 10.5 Å². The second-order valence-electron chi connectivity index (χ2n) is 10.8. The van der Waals surface area contributed by atoms with Gasteiger partial charge in [0, 0.05) is 0 Å². The van der Waals surface area contributed by atoms with Gasteiger partial charge < -0.3 is 0 Å². The van der Waals surface area contributed by atoms with Gasteiger partial charge in [-0.3, -0.25) is 0 Å². The molecule has 4 atom stereocenters. The second-order valence-corrected chi connectivity index (χ2v) is 34.3. The maximum absolute atomic E-state index is 12.1. The number of hydrogen-bond donors (Lipinski definition) is 0. The van der Waals surface area contributed by atoms with Crippen LogP contribution >= 0.6 is 0 Å². The minimum atomic E-state index is -3.15. The Kier molecular flexibility index (Phi) is 0.175. The van der Waals surface area contributed by atoms with Gasteiger partial charge in [0.2, 0.25) is 0 Å². The van der Waals surface area contributed by atoms with Crippen LogP contribution in [0.25, 0.3) is 0 Å². The maximum atomic E-state index is 12.1. The van der Waals surface area contributed by atoms with E-state index in [0.717, 1.165) is 9.63 Å². The topological polar surface area (TPSA) is 26.3 Å². The fourth-order valence-electron chi connectivity index (χ4n) is 16.5. The molecular weight excluding hydrogens is 256 g/mol. The minimum absolute atomic E-state index is 0.0435. The molecule has 2 nitrogen and oxygen atoms in total. The molecule has 90 valence electrons. The van der Waals surface area contributed by atoms with Gasteiger partial charge in [-0.1, -0.05) is 0 Å². The van der Waals surface area contributed by atoms with Gasteiger partial charge in [-0.15, -0.1) is 0 Å². The van der Waals surface area contributed by atoms with E-state index >= 15 is 0 Å². The molecule has 17 heavy (non-hydrogen) atoms. The van der Waals surface area contributed by atoms with E-state index < -0.39 is 6.51 Å². The van der Waals surface area contributed by atoms with Crippen molar-refractivity contribution in [3.05, 3.63) is 12.2 Å². The number of hydrogen-bond acceptors (Lipinski definition) is 2. The first-order valence-electron chi connectivity index (χ1n) is 6.97. The van der Waals surface area contributed by atoms with Crippen molar-refractivity contribution >= 4 is 5.97 Å². The van der Waals surface area contributed by atoms with Gasteiger partial charge in [0.15, 0.2) is 0 Å². The van der Waals surface area contributed by atoms with Crippen molar-refractivity contribution in [3.8, 4) is 0 Å². The van der Waals surface area contributed by atoms with Crippen molar-refractivity contribution in [1.29, 1.82) is 0 Å². The van der Waals surface area contributed by atoms with Crippen LogP contribution in [0.2, 0.25) is 43.3 Å². The van der Waals surface area contributed by atoms with Crippen molar-refractivity contribution in [3.63, 3.8) is 0 Å². The summed E-state index contributed by atoms with van der Waals surface area (Å²) in [5.41, 5.74) is 0.626. The van der Waals surface area contributed by atoms with Crippen LogP contribution < -0.4 is 0 Å². The summed E-state index contributed by atoms with van der Waals surface area (Å²) >= 11 is 0. The monoisotopic (exact) mass is 270 g/mol. The Morgan fingerprint density at radius 1 is 1.06 bits per heavy atom. The van der Waals surface area contributed by atoms with E-state index in [1.165, 1.54) is 33.7 Å². The van der Waals surface area contributed by atoms with Crippen LogP contribution in [0, 0.1) is 0 Å². The van der Waals surface area contributed by atoms with E-state index in [0.29, 0.717) is 5.57 Å². The quantitative estimate of drug-likeness (QED) is 0.436. The molecule has 0 amide bonds.